The number of ether oxygens (including phenoxy) is 4. The molecule has 3 atom stereocenters. The van der Waals surface area contributed by atoms with E-state index >= 15 is 0 Å². The highest BCUT2D eigenvalue weighted by Crippen LogP contribution is 2.40. The van der Waals surface area contributed by atoms with E-state index < -0.39 is 0 Å². The summed E-state index contributed by atoms with van der Waals surface area (Å²) in [4.78, 5) is 0. The van der Waals surface area contributed by atoms with E-state index in [0.29, 0.717) is 25.2 Å². The summed E-state index contributed by atoms with van der Waals surface area (Å²) in [5.41, 5.74) is 5.49. The number of benzene rings is 2. The van der Waals surface area contributed by atoms with Crippen LogP contribution in [-0.2, 0) is 15.9 Å². The molecule has 2 aliphatic heterocycles. The molecule has 0 aromatic heterocycles. The minimum absolute atomic E-state index is 0.272. The van der Waals surface area contributed by atoms with Gasteiger partial charge < -0.3 is 18.9 Å². The molecule has 4 heteroatoms. The molecule has 2 aromatic rings. The Morgan fingerprint density at radius 3 is 2.29 bits per heavy atom. The lowest BCUT2D eigenvalue weighted by Gasteiger charge is -2.25. The molecule has 5 rings (SSSR count). The van der Waals surface area contributed by atoms with Crippen LogP contribution in [0.2, 0.25) is 0 Å². The van der Waals surface area contributed by atoms with E-state index in [1.807, 2.05) is 0 Å². The number of epoxide rings is 2. The van der Waals surface area contributed by atoms with Gasteiger partial charge in [-0.05, 0) is 66.9 Å². The summed E-state index contributed by atoms with van der Waals surface area (Å²) < 4.78 is 22.9. The Labute approximate surface area is 210 Å². The third-order valence-corrected chi connectivity index (χ3v) is 7.41. The average molecular weight is 477 g/mol. The van der Waals surface area contributed by atoms with Crippen LogP contribution >= 0.6 is 0 Å². The van der Waals surface area contributed by atoms with Crippen molar-refractivity contribution in [2.45, 2.75) is 82.8 Å². The number of hydrogen-bond acceptors (Lipinski definition) is 4. The quantitative estimate of drug-likeness (QED) is 0.215. The predicted octanol–water partition coefficient (Wildman–Crippen LogP) is 7.11. The Bertz CT molecular complexity index is 972. The van der Waals surface area contributed by atoms with Gasteiger partial charge in [-0.1, -0.05) is 69.0 Å². The fourth-order valence-corrected chi connectivity index (χ4v) is 5.04. The maximum absolute atomic E-state index is 6.40. The Morgan fingerprint density at radius 2 is 1.60 bits per heavy atom. The lowest BCUT2D eigenvalue weighted by Crippen LogP contribution is -2.10. The summed E-state index contributed by atoms with van der Waals surface area (Å²) in [7, 11) is 0. The summed E-state index contributed by atoms with van der Waals surface area (Å²) >= 11 is 0. The van der Waals surface area contributed by atoms with Crippen LogP contribution < -0.4 is 9.47 Å². The van der Waals surface area contributed by atoms with Crippen molar-refractivity contribution in [3.63, 3.8) is 0 Å². The van der Waals surface area contributed by atoms with E-state index in [9.17, 15) is 0 Å². The molecule has 35 heavy (non-hydrogen) atoms. The summed E-state index contributed by atoms with van der Waals surface area (Å²) in [6.45, 7) is 5.25. The van der Waals surface area contributed by atoms with Gasteiger partial charge in [-0.2, -0.15) is 0 Å². The number of rotatable bonds is 14. The van der Waals surface area contributed by atoms with E-state index in [0.717, 1.165) is 50.4 Å². The summed E-state index contributed by atoms with van der Waals surface area (Å²) in [6, 6.07) is 15.4. The normalized spacial score (nSPS) is 23.0. The Hall–Kier alpha value is -2.30. The summed E-state index contributed by atoms with van der Waals surface area (Å²) in [6.07, 6.45) is 13.9. The monoisotopic (exact) mass is 476 g/mol. The number of aryl methyl sites for hydroxylation is 1. The van der Waals surface area contributed by atoms with Crippen LogP contribution in [0.1, 0.15) is 80.9 Å². The van der Waals surface area contributed by atoms with Crippen molar-refractivity contribution in [2.24, 2.45) is 0 Å². The highest BCUT2D eigenvalue weighted by atomic mass is 16.6. The zero-order valence-electron chi connectivity index (χ0n) is 21.2. The molecule has 2 aromatic carbocycles. The van der Waals surface area contributed by atoms with Crippen molar-refractivity contribution in [2.75, 3.05) is 26.4 Å². The van der Waals surface area contributed by atoms with Crippen molar-refractivity contribution < 1.29 is 18.9 Å². The molecule has 2 saturated heterocycles. The van der Waals surface area contributed by atoms with E-state index in [1.165, 1.54) is 54.4 Å². The first-order valence-corrected chi connectivity index (χ1v) is 13.7. The SMILES string of the molecule is CCCCCCCc1cccc(C2=CCC(c3ccc(OCC4CO4)cc3)CC2)c1OCC1CO1. The smallest absolute Gasteiger partial charge is 0.130 e. The molecule has 0 amide bonds. The standard InChI is InChI=1S/C31H40O4/c1-2-3-4-5-6-8-26-9-7-10-30(31(26)35-22-29-21-34-29)25-13-11-23(12-14-25)24-15-17-27(18-16-24)32-19-28-20-33-28/h7,9-10,13,15-18,23,28-29H,2-6,8,11-12,14,19-22H2,1H3. The second-order valence-corrected chi connectivity index (χ2v) is 10.3. The van der Waals surface area contributed by atoms with Gasteiger partial charge in [-0.3, -0.25) is 0 Å². The highest BCUT2D eigenvalue weighted by molar-refractivity contribution is 5.72. The number of para-hydroxylation sites is 1. The molecular weight excluding hydrogens is 436 g/mol. The molecule has 0 bridgehead atoms. The zero-order valence-corrected chi connectivity index (χ0v) is 21.2. The van der Waals surface area contributed by atoms with Crippen LogP contribution in [-0.4, -0.2) is 38.6 Å². The Morgan fingerprint density at radius 1 is 0.857 bits per heavy atom. The second-order valence-electron chi connectivity index (χ2n) is 10.3. The summed E-state index contributed by atoms with van der Waals surface area (Å²) in [5.74, 6) is 2.60. The van der Waals surface area contributed by atoms with Crippen LogP contribution in [0.25, 0.3) is 5.57 Å². The first kappa shape index (κ1) is 24.4. The van der Waals surface area contributed by atoms with Gasteiger partial charge in [0, 0.05) is 5.56 Å². The largest absolute Gasteiger partial charge is 0.491 e. The zero-order chi connectivity index (χ0) is 23.9. The van der Waals surface area contributed by atoms with Crippen LogP contribution in [0.3, 0.4) is 0 Å². The Kier molecular flexibility index (Phi) is 8.43. The third-order valence-electron chi connectivity index (χ3n) is 7.41. The highest BCUT2D eigenvalue weighted by Gasteiger charge is 2.26. The van der Waals surface area contributed by atoms with Crippen molar-refractivity contribution >= 4 is 5.57 Å². The average Bonchev–Trinajstić information content (AvgIpc) is 3.82. The number of allylic oxidation sites excluding steroid dienone is 2. The molecule has 4 nitrogen and oxygen atoms in total. The van der Waals surface area contributed by atoms with E-state index in [4.69, 9.17) is 18.9 Å². The second kappa shape index (κ2) is 12.1. The molecule has 0 N–H and O–H groups in total. The lowest BCUT2D eigenvalue weighted by molar-refractivity contribution is 0.260. The lowest BCUT2D eigenvalue weighted by atomic mass is 9.82. The minimum Gasteiger partial charge on any atom is -0.491 e. The van der Waals surface area contributed by atoms with Crippen LogP contribution in [0, 0.1) is 0 Å². The van der Waals surface area contributed by atoms with Gasteiger partial charge >= 0.3 is 0 Å². The molecule has 0 spiro atoms. The van der Waals surface area contributed by atoms with Crippen molar-refractivity contribution in [3.05, 3.63) is 65.2 Å². The van der Waals surface area contributed by atoms with Crippen LogP contribution in [0.15, 0.2) is 48.5 Å². The van der Waals surface area contributed by atoms with Gasteiger partial charge in [0.05, 0.1) is 13.2 Å². The van der Waals surface area contributed by atoms with E-state index in [-0.39, 0.29) is 6.10 Å². The van der Waals surface area contributed by atoms with Crippen molar-refractivity contribution in [1.82, 2.24) is 0 Å². The molecule has 188 valence electrons. The maximum Gasteiger partial charge on any atom is 0.130 e. The molecule has 3 unspecified atom stereocenters. The van der Waals surface area contributed by atoms with Crippen molar-refractivity contribution in [3.8, 4) is 11.5 Å². The summed E-state index contributed by atoms with van der Waals surface area (Å²) in [5, 5.41) is 0. The molecule has 3 aliphatic rings. The molecule has 0 radical (unpaired) electrons. The van der Waals surface area contributed by atoms with E-state index in [1.54, 1.807) is 0 Å². The van der Waals surface area contributed by atoms with Gasteiger partial charge in [0.15, 0.2) is 0 Å². The van der Waals surface area contributed by atoms with E-state index in [2.05, 4.69) is 55.5 Å². The van der Waals surface area contributed by atoms with Crippen LogP contribution in [0.5, 0.6) is 11.5 Å². The number of unbranched alkanes of at least 4 members (excludes halogenated alkanes) is 4. The maximum atomic E-state index is 6.40. The van der Waals surface area contributed by atoms with Gasteiger partial charge in [0.1, 0.15) is 36.9 Å². The van der Waals surface area contributed by atoms with Gasteiger partial charge in [0.25, 0.3) is 0 Å². The topological polar surface area (TPSA) is 43.5 Å². The molecule has 2 heterocycles. The first-order chi connectivity index (χ1) is 17.3. The first-order valence-electron chi connectivity index (χ1n) is 13.7. The Balaban J connectivity index is 1.23. The van der Waals surface area contributed by atoms with Gasteiger partial charge in [0.2, 0.25) is 0 Å². The molecule has 0 saturated carbocycles. The minimum atomic E-state index is 0.272. The fraction of sp³-hybridized carbons (Fsp3) is 0.548. The van der Waals surface area contributed by atoms with Crippen molar-refractivity contribution in [1.29, 1.82) is 0 Å². The van der Waals surface area contributed by atoms with Gasteiger partial charge in [-0.25, -0.2) is 0 Å². The fourth-order valence-electron chi connectivity index (χ4n) is 5.04. The predicted molar refractivity (Wildman–Crippen MR) is 140 cm³/mol. The number of hydrogen-bond donors (Lipinski definition) is 0. The molecular formula is C31H40O4. The molecule has 1 aliphatic carbocycles. The van der Waals surface area contributed by atoms with Crippen LogP contribution in [0.4, 0.5) is 0 Å². The third kappa shape index (κ3) is 7.11. The molecule has 2 fully saturated rings. The van der Waals surface area contributed by atoms with Gasteiger partial charge in [-0.15, -0.1) is 0 Å².